The number of aryl methyl sites for hydroxylation is 1. The van der Waals surface area contributed by atoms with Crippen molar-refractivity contribution in [2.75, 3.05) is 26.9 Å². The molecule has 0 amide bonds. The molecule has 0 aromatic heterocycles. The van der Waals surface area contributed by atoms with Crippen molar-refractivity contribution in [2.24, 2.45) is 0 Å². The average Bonchev–Trinajstić information content (AvgIpc) is 2.28. The van der Waals surface area contributed by atoms with Crippen molar-refractivity contribution in [1.82, 2.24) is 0 Å². The summed E-state index contributed by atoms with van der Waals surface area (Å²) in [5, 5.41) is 8.60. The fourth-order valence-electron chi connectivity index (χ4n) is 1.24. The van der Waals surface area contributed by atoms with Crippen LogP contribution < -0.4 is 4.74 Å². The summed E-state index contributed by atoms with van der Waals surface area (Å²) in [4.78, 5) is 0. The number of rotatable bonds is 4. The molecule has 1 N–H and O–H groups in total. The highest BCUT2D eigenvalue weighted by Gasteiger charge is 1.98. The lowest BCUT2D eigenvalue weighted by atomic mass is 10.1. The van der Waals surface area contributed by atoms with E-state index in [9.17, 15) is 0 Å². The minimum absolute atomic E-state index is 0.120. The average molecular weight is 220 g/mol. The van der Waals surface area contributed by atoms with Crippen molar-refractivity contribution in [3.63, 3.8) is 0 Å². The maximum Gasteiger partial charge on any atom is 0.119 e. The normalized spacial score (nSPS) is 9.44. The number of methoxy groups -OCH3 is 1. The summed E-state index contributed by atoms with van der Waals surface area (Å²) in [6.45, 7) is 2.96. The molecule has 0 atom stereocenters. The molecule has 86 valence electrons. The molecule has 0 radical (unpaired) electrons. The van der Waals surface area contributed by atoms with Crippen LogP contribution in [0.15, 0.2) is 18.2 Å². The van der Waals surface area contributed by atoms with Gasteiger partial charge in [0.15, 0.2) is 0 Å². The maximum atomic E-state index is 8.60. The van der Waals surface area contributed by atoms with Crippen molar-refractivity contribution in [3.05, 3.63) is 29.3 Å². The van der Waals surface area contributed by atoms with E-state index in [0.29, 0.717) is 13.2 Å². The summed E-state index contributed by atoms with van der Waals surface area (Å²) in [6.07, 6.45) is 0. The van der Waals surface area contributed by atoms with Gasteiger partial charge in [-0.2, -0.15) is 0 Å². The van der Waals surface area contributed by atoms with Gasteiger partial charge in [-0.05, 0) is 30.7 Å². The molecule has 0 saturated heterocycles. The molecule has 0 aliphatic rings. The summed E-state index contributed by atoms with van der Waals surface area (Å²) >= 11 is 0. The van der Waals surface area contributed by atoms with Gasteiger partial charge in [-0.3, -0.25) is 0 Å². The van der Waals surface area contributed by atoms with Gasteiger partial charge in [-0.15, -0.1) is 0 Å². The number of aliphatic hydroxyl groups is 1. The molecule has 1 aromatic rings. The van der Waals surface area contributed by atoms with E-state index in [1.54, 1.807) is 7.11 Å². The van der Waals surface area contributed by atoms with Gasteiger partial charge in [0.2, 0.25) is 0 Å². The molecule has 3 nitrogen and oxygen atoms in total. The number of benzene rings is 1. The Labute approximate surface area is 96.0 Å². The van der Waals surface area contributed by atoms with Crippen LogP contribution in [0.4, 0.5) is 0 Å². The lowest BCUT2D eigenvalue weighted by Gasteiger charge is -2.07. The van der Waals surface area contributed by atoms with Gasteiger partial charge in [0.1, 0.15) is 19.0 Å². The van der Waals surface area contributed by atoms with Crippen LogP contribution in [0.25, 0.3) is 0 Å². The lowest BCUT2D eigenvalue weighted by molar-refractivity contribution is 0.146. The first-order chi connectivity index (χ1) is 7.77. The Balaban J connectivity index is 2.67. The van der Waals surface area contributed by atoms with Crippen LogP contribution in [-0.4, -0.2) is 32.0 Å². The zero-order chi connectivity index (χ0) is 11.8. The molecule has 16 heavy (non-hydrogen) atoms. The third kappa shape index (κ3) is 3.93. The smallest absolute Gasteiger partial charge is 0.119 e. The van der Waals surface area contributed by atoms with Crippen molar-refractivity contribution >= 4 is 0 Å². The SMILES string of the molecule is COCCOc1ccc(C#CCO)c(C)c1. The predicted octanol–water partition coefficient (Wildman–Crippen LogP) is 1.36. The summed E-state index contributed by atoms with van der Waals surface area (Å²) in [7, 11) is 1.64. The topological polar surface area (TPSA) is 38.7 Å². The van der Waals surface area contributed by atoms with Gasteiger partial charge in [-0.1, -0.05) is 11.8 Å². The summed E-state index contributed by atoms with van der Waals surface area (Å²) in [5.41, 5.74) is 1.95. The Morgan fingerprint density at radius 3 is 2.75 bits per heavy atom. The summed E-state index contributed by atoms with van der Waals surface area (Å²) < 4.78 is 10.4. The molecule has 3 heteroatoms. The molecule has 1 aromatic carbocycles. The second kappa shape index (κ2) is 6.89. The fraction of sp³-hybridized carbons (Fsp3) is 0.385. The second-order valence-corrected chi connectivity index (χ2v) is 3.28. The molecular formula is C13H16O3. The van der Waals surface area contributed by atoms with Crippen LogP contribution >= 0.6 is 0 Å². The quantitative estimate of drug-likeness (QED) is 0.615. The van der Waals surface area contributed by atoms with Gasteiger partial charge in [-0.25, -0.2) is 0 Å². The van der Waals surface area contributed by atoms with E-state index in [4.69, 9.17) is 14.6 Å². The number of hydrogen-bond acceptors (Lipinski definition) is 3. The van der Waals surface area contributed by atoms with E-state index in [0.717, 1.165) is 16.9 Å². The Morgan fingerprint density at radius 2 is 2.12 bits per heavy atom. The highest BCUT2D eigenvalue weighted by molar-refractivity contribution is 5.44. The molecule has 0 heterocycles. The minimum atomic E-state index is -0.120. The molecule has 1 rings (SSSR count). The third-order valence-electron chi connectivity index (χ3n) is 2.06. The molecule has 0 aliphatic carbocycles. The Morgan fingerprint density at radius 1 is 1.31 bits per heavy atom. The van der Waals surface area contributed by atoms with Crippen LogP contribution in [0.3, 0.4) is 0 Å². The monoisotopic (exact) mass is 220 g/mol. The Kier molecular flexibility index (Phi) is 5.41. The zero-order valence-corrected chi connectivity index (χ0v) is 9.62. The fourth-order valence-corrected chi connectivity index (χ4v) is 1.24. The van der Waals surface area contributed by atoms with Crippen molar-refractivity contribution < 1.29 is 14.6 Å². The van der Waals surface area contributed by atoms with E-state index in [1.807, 2.05) is 25.1 Å². The molecule has 0 saturated carbocycles. The van der Waals surface area contributed by atoms with Crippen molar-refractivity contribution in [1.29, 1.82) is 0 Å². The Bertz CT molecular complexity index is 388. The van der Waals surface area contributed by atoms with Gasteiger partial charge < -0.3 is 14.6 Å². The number of ether oxygens (including phenoxy) is 2. The molecular weight excluding hydrogens is 204 g/mol. The summed E-state index contributed by atoms with van der Waals surface area (Å²) in [5.74, 6) is 6.31. The van der Waals surface area contributed by atoms with Gasteiger partial charge in [0.25, 0.3) is 0 Å². The van der Waals surface area contributed by atoms with E-state index in [-0.39, 0.29) is 6.61 Å². The standard InChI is InChI=1S/C13H16O3/c1-11-10-13(16-9-8-15-2)6-5-12(11)4-3-7-14/h5-6,10,14H,7-9H2,1-2H3. The van der Waals surface area contributed by atoms with E-state index in [2.05, 4.69) is 11.8 Å². The first kappa shape index (κ1) is 12.6. The maximum absolute atomic E-state index is 8.60. The number of hydrogen-bond donors (Lipinski definition) is 1. The van der Waals surface area contributed by atoms with Crippen LogP contribution in [0.5, 0.6) is 5.75 Å². The minimum Gasteiger partial charge on any atom is -0.491 e. The highest BCUT2D eigenvalue weighted by Crippen LogP contribution is 2.16. The van der Waals surface area contributed by atoms with Crippen LogP contribution in [0, 0.1) is 18.8 Å². The van der Waals surface area contributed by atoms with Crippen LogP contribution in [0.2, 0.25) is 0 Å². The second-order valence-electron chi connectivity index (χ2n) is 3.28. The van der Waals surface area contributed by atoms with E-state index < -0.39 is 0 Å². The largest absolute Gasteiger partial charge is 0.491 e. The van der Waals surface area contributed by atoms with Crippen molar-refractivity contribution in [2.45, 2.75) is 6.92 Å². The number of aliphatic hydroxyl groups excluding tert-OH is 1. The summed E-state index contributed by atoms with van der Waals surface area (Å²) in [6, 6.07) is 5.68. The molecule has 0 aliphatic heterocycles. The van der Waals surface area contributed by atoms with Crippen LogP contribution in [-0.2, 0) is 4.74 Å². The van der Waals surface area contributed by atoms with Gasteiger partial charge >= 0.3 is 0 Å². The van der Waals surface area contributed by atoms with E-state index >= 15 is 0 Å². The predicted molar refractivity (Wildman–Crippen MR) is 62.5 cm³/mol. The van der Waals surface area contributed by atoms with E-state index in [1.165, 1.54) is 0 Å². The van der Waals surface area contributed by atoms with Gasteiger partial charge in [0.05, 0.1) is 6.61 Å². The first-order valence-electron chi connectivity index (χ1n) is 5.10. The molecule has 0 spiro atoms. The highest BCUT2D eigenvalue weighted by atomic mass is 16.5. The third-order valence-corrected chi connectivity index (χ3v) is 2.06. The van der Waals surface area contributed by atoms with Gasteiger partial charge in [0, 0.05) is 12.7 Å². The molecule has 0 fully saturated rings. The molecule has 0 unspecified atom stereocenters. The lowest BCUT2D eigenvalue weighted by Crippen LogP contribution is -2.04. The first-order valence-corrected chi connectivity index (χ1v) is 5.10. The van der Waals surface area contributed by atoms with Crippen molar-refractivity contribution in [3.8, 4) is 17.6 Å². The molecule has 0 bridgehead atoms. The Hall–Kier alpha value is -1.50. The zero-order valence-electron chi connectivity index (χ0n) is 9.62. The van der Waals surface area contributed by atoms with Crippen LogP contribution in [0.1, 0.15) is 11.1 Å².